The number of benzene rings is 2. The molecule has 6 heteroatoms. The lowest BCUT2D eigenvalue weighted by molar-refractivity contribution is 0.0695. The zero-order chi connectivity index (χ0) is 18.9. The number of amides is 1. The molecule has 0 radical (unpaired) electrons. The molecule has 0 heterocycles. The van der Waals surface area contributed by atoms with Crippen LogP contribution in [-0.2, 0) is 11.3 Å². The molecular formula is C20H23NO5. The zero-order valence-electron chi connectivity index (χ0n) is 15.0. The second kappa shape index (κ2) is 9.58. The summed E-state index contributed by atoms with van der Waals surface area (Å²) in [4.78, 5) is 25.1. The normalized spacial score (nSPS) is 10.4. The average molecular weight is 357 g/mol. The minimum Gasteiger partial charge on any atom is -0.493 e. The highest BCUT2D eigenvalue weighted by Crippen LogP contribution is 2.16. The van der Waals surface area contributed by atoms with Crippen LogP contribution in [0.25, 0.3) is 0 Å². The van der Waals surface area contributed by atoms with Crippen LogP contribution in [0.2, 0.25) is 0 Å². The van der Waals surface area contributed by atoms with Crippen molar-refractivity contribution in [3.05, 3.63) is 65.2 Å². The summed E-state index contributed by atoms with van der Waals surface area (Å²) in [6.07, 6.45) is 0.779. The molecule has 1 amide bonds. The van der Waals surface area contributed by atoms with Crippen molar-refractivity contribution in [1.29, 1.82) is 0 Å². The van der Waals surface area contributed by atoms with E-state index in [1.807, 2.05) is 6.07 Å². The molecule has 0 atom stereocenters. The first-order valence-electron chi connectivity index (χ1n) is 8.30. The Labute approximate surface area is 153 Å². The Hall–Kier alpha value is -2.86. The maximum atomic E-state index is 12.6. The van der Waals surface area contributed by atoms with Crippen LogP contribution in [0.15, 0.2) is 48.5 Å². The van der Waals surface area contributed by atoms with Gasteiger partial charge < -0.3 is 19.5 Å². The van der Waals surface area contributed by atoms with Crippen LogP contribution in [0.5, 0.6) is 5.75 Å². The van der Waals surface area contributed by atoms with E-state index in [0.29, 0.717) is 31.1 Å². The summed E-state index contributed by atoms with van der Waals surface area (Å²) in [6, 6.07) is 13.6. The van der Waals surface area contributed by atoms with Crippen molar-refractivity contribution in [2.45, 2.75) is 13.0 Å². The molecule has 0 unspecified atom stereocenters. The predicted molar refractivity (Wildman–Crippen MR) is 97.6 cm³/mol. The molecule has 0 spiro atoms. The van der Waals surface area contributed by atoms with Crippen LogP contribution in [0.3, 0.4) is 0 Å². The lowest BCUT2D eigenvalue weighted by Crippen LogP contribution is -2.26. The molecule has 0 saturated carbocycles. The average Bonchev–Trinajstić information content (AvgIpc) is 2.65. The summed E-state index contributed by atoms with van der Waals surface area (Å²) >= 11 is 0. The Kier molecular flexibility index (Phi) is 7.17. The maximum Gasteiger partial charge on any atom is 0.335 e. The quantitative estimate of drug-likeness (QED) is 0.698. The third kappa shape index (κ3) is 5.60. The van der Waals surface area contributed by atoms with Gasteiger partial charge >= 0.3 is 5.97 Å². The molecule has 26 heavy (non-hydrogen) atoms. The van der Waals surface area contributed by atoms with Gasteiger partial charge in [-0.05, 0) is 35.9 Å². The minimum absolute atomic E-state index is 0.130. The van der Waals surface area contributed by atoms with Crippen molar-refractivity contribution in [2.75, 3.05) is 27.4 Å². The topological polar surface area (TPSA) is 76.1 Å². The van der Waals surface area contributed by atoms with Crippen LogP contribution in [0.1, 0.15) is 32.7 Å². The Bertz CT molecular complexity index is 742. The maximum absolute atomic E-state index is 12.6. The van der Waals surface area contributed by atoms with Crippen molar-refractivity contribution in [1.82, 2.24) is 4.90 Å². The fourth-order valence-corrected chi connectivity index (χ4v) is 2.43. The fraction of sp³-hybridized carbons (Fsp3) is 0.300. The van der Waals surface area contributed by atoms with Gasteiger partial charge in [0.1, 0.15) is 5.75 Å². The summed E-state index contributed by atoms with van der Waals surface area (Å²) in [5, 5.41) is 8.93. The number of carboxylic acid groups (broad SMARTS) is 1. The van der Waals surface area contributed by atoms with Gasteiger partial charge in [-0.2, -0.15) is 0 Å². The molecule has 0 aliphatic carbocycles. The van der Waals surface area contributed by atoms with E-state index in [0.717, 1.165) is 12.0 Å². The van der Waals surface area contributed by atoms with Crippen molar-refractivity contribution < 1.29 is 24.2 Å². The number of carboxylic acids is 1. The SMILES string of the molecule is COCCCOc1cccc(C(=O)N(C)Cc2ccc(C(=O)O)cc2)c1. The van der Waals surface area contributed by atoms with Crippen LogP contribution < -0.4 is 4.74 Å². The highest BCUT2D eigenvalue weighted by Gasteiger charge is 2.13. The molecule has 0 bridgehead atoms. The van der Waals surface area contributed by atoms with Gasteiger partial charge in [0, 0.05) is 39.3 Å². The van der Waals surface area contributed by atoms with Crippen LogP contribution in [0.4, 0.5) is 0 Å². The second-order valence-corrected chi connectivity index (χ2v) is 5.89. The van der Waals surface area contributed by atoms with Gasteiger partial charge in [0.05, 0.1) is 12.2 Å². The summed E-state index contributed by atoms with van der Waals surface area (Å²) in [5.74, 6) is -0.455. The number of carbonyl (C=O) groups excluding carboxylic acids is 1. The molecule has 138 valence electrons. The molecule has 2 aromatic rings. The molecule has 0 aliphatic heterocycles. The van der Waals surface area contributed by atoms with Crippen molar-refractivity contribution in [2.24, 2.45) is 0 Å². The van der Waals surface area contributed by atoms with E-state index in [4.69, 9.17) is 14.6 Å². The monoisotopic (exact) mass is 357 g/mol. The smallest absolute Gasteiger partial charge is 0.335 e. The number of methoxy groups -OCH3 is 1. The third-order valence-corrected chi connectivity index (χ3v) is 3.81. The zero-order valence-corrected chi connectivity index (χ0v) is 15.0. The highest BCUT2D eigenvalue weighted by atomic mass is 16.5. The number of hydrogen-bond acceptors (Lipinski definition) is 4. The van der Waals surface area contributed by atoms with Crippen LogP contribution in [-0.4, -0.2) is 49.3 Å². The highest BCUT2D eigenvalue weighted by molar-refractivity contribution is 5.94. The van der Waals surface area contributed by atoms with E-state index < -0.39 is 5.97 Å². The predicted octanol–water partition coefficient (Wildman–Crippen LogP) is 3.07. The first-order valence-corrected chi connectivity index (χ1v) is 8.30. The Morgan fingerprint density at radius 2 is 1.77 bits per heavy atom. The van der Waals surface area contributed by atoms with Crippen molar-refractivity contribution >= 4 is 11.9 Å². The van der Waals surface area contributed by atoms with Crippen LogP contribution in [0, 0.1) is 0 Å². The lowest BCUT2D eigenvalue weighted by Gasteiger charge is -2.18. The Morgan fingerprint density at radius 3 is 2.42 bits per heavy atom. The molecule has 2 rings (SSSR count). The van der Waals surface area contributed by atoms with Gasteiger partial charge in [-0.15, -0.1) is 0 Å². The van der Waals surface area contributed by atoms with Crippen molar-refractivity contribution in [3.8, 4) is 5.75 Å². The number of nitrogens with zero attached hydrogens (tertiary/aromatic N) is 1. The van der Waals surface area contributed by atoms with Crippen molar-refractivity contribution in [3.63, 3.8) is 0 Å². The molecule has 1 N–H and O–H groups in total. The molecule has 6 nitrogen and oxygen atoms in total. The van der Waals surface area contributed by atoms with Gasteiger partial charge in [-0.3, -0.25) is 4.79 Å². The largest absolute Gasteiger partial charge is 0.493 e. The number of aromatic carboxylic acids is 1. The summed E-state index contributed by atoms with van der Waals surface area (Å²) in [6.45, 7) is 1.54. The van der Waals surface area contributed by atoms with E-state index >= 15 is 0 Å². The molecule has 0 aromatic heterocycles. The number of rotatable bonds is 9. The van der Waals surface area contributed by atoms with Crippen LogP contribution >= 0.6 is 0 Å². The Balaban J connectivity index is 1.97. The van der Waals surface area contributed by atoms with Gasteiger partial charge in [0.25, 0.3) is 5.91 Å². The van der Waals surface area contributed by atoms with Gasteiger partial charge in [-0.1, -0.05) is 18.2 Å². The third-order valence-electron chi connectivity index (χ3n) is 3.81. The van der Waals surface area contributed by atoms with E-state index in [1.165, 1.54) is 12.1 Å². The number of ether oxygens (including phenoxy) is 2. The second-order valence-electron chi connectivity index (χ2n) is 5.89. The van der Waals surface area contributed by atoms with E-state index in [9.17, 15) is 9.59 Å². The Morgan fingerprint density at radius 1 is 1.04 bits per heavy atom. The molecule has 0 fully saturated rings. The lowest BCUT2D eigenvalue weighted by atomic mass is 10.1. The summed E-state index contributed by atoms with van der Waals surface area (Å²) in [7, 11) is 3.35. The fourth-order valence-electron chi connectivity index (χ4n) is 2.43. The minimum atomic E-state index is -0.969. The summed E-state index contributed by atoms with van der Waals surface area (Å²) < 4.78 is 10.6. The molecule has 0 aliphatic rings. The van der Waals surface area contributed by atoms with E-state index in [2.05, 4.69) is 0 Å². The first kappa shape index (κ1) is 19.5. The molecule has 2 aromatic carbocycles. The summed E-state index contributed by atoms with van der Waals surface area (Å²) in [5.41, 5.74) is 1.62. The molecular weight excluding hydrogens is 334 g/mol. The van der Waals surface area contributed by atoms with E-state index in [-0.39, 0.29) is 11.5 Å². The van der Waals surface area contributed by atoms with Gasteiger partial charge in [0.2, 0.25) is 0 Å². The number of hydrogen-bond donors (Lipinski definition) is 1. The molecule has 0 saturated heterocycles. The van der Waals surface area contributed by atoms with Gasteiger partial charge in [0.15, 0.2) is 0 Å². The first-order chi connectivity index (χ1) is 12.5. The van der Waals surface area contributed by atoms with Gasteiger partial charge in [-0.25, -0.2) is 4.79 Å². The van der Waals surface area contributed by atoms with E-state index in [1.54, 1.807) is 49.4 Å². The number of carbonyl (C=O) groups is 2. The standard InChI is InChI=1S/C20H23NO5/c1-21(14-15-7-9-16(10-8-15)20(23)24)19(22)17-5-3-6-18(13-17)26-12-4-11-25-2/h3,5-10,13H,4,11-12,14H2,1-2H3,(H,23,24).